The van der Waals surface area contributed by atoms with Gasteiger partial charge in [0.05, 0.1) is 18.9 Å². The second kappa shape index (κ2) is 2.81. The maximum absolute atomic E-state index is 10.6. The summed E-state index contributed by atoms with van der Waals surface area (Å²) < 4.78 is 0. The summed E-state index contributed by atoms with van der Waals surface area (Å²) in [6.07, 6.45) is 3.14. The highest BCUT2D eigenvalue weighted by atomic mass is 16.1. The van der Waals surface area contributed by atoms with Crippen LogP contribution in [0.1, 0.15) is 5.82 Å². The van der Waals surface area contributed by atoms with E-state index in [2.05, 4.69) is 19.9 Å². The predicted molar refractivity (Wildman–Crippen MR) is 44.6 cm³/mol. The monoisotopic (exact) mass is 177 g/mol. The van der Waals surface area contributed by atoms with Crippen molar-refractivity contribution in [3.8, 4) is 0 Å². The molecule has 2 heterocycles. The summed E-state index contributed by atoms with van der Waals surface area (Å²) >= 11 is 0. The molecule has 13 heavy (non-hydrogen) atoms. The Morgan fingerprint density at radius 1 is 1.54 bits per heavy atom. The molecule has 2 aromatic rings. The van der Waals surface area contributed by atoms with Crippen LogP contribution in [-0.2, 0) is 11.2 Å². The Hall–Kier alpha value is -1.98. The van der Waals surface area contributed by atoms with Gasteiger partial charge in [-0.2, -0.15) is 0 Å². The van der Waals surface area contributed by atoms with Crippen molar-refractivity contribution in [3.05, 3.63) is 18.3 Å². The normalized spacial score (nSPS) is 10.5. The first-order valence-electron chi connectivity index (χ1n) is 3.69. The average Bonchev–Trinajstić information content (AvgIpc) is 2.49. The van der Waals surface area contributed by atoms with Crippen molar-refractivity contribution >= 4 is 17.1 Å². The van der Waals surface area contributed by atoms with Gasteiger partial charge in [0.25, 0.3) is 0 Å². The molecule has 6 heteroatoms. The van der Waals surface area contributed by atoms with Crippen molar-refractivity contribution in [3.63, 3.8) is 0 Å². The van der Waals surface area contributed by atoms with E-state index >= 15 is 0 Å². The Balaban J connectivity index is 2.42. The van der Waals surface area contributed by atoms with Crippen LogP contribution < -0.4 is 5.73 Å². The molecule has 66 valence electrons. The lowest BCUT2D eigenvalue weighted by molar-refractivity contribution is -0.117. The molecule has 3 N–H and O–H groups in total. The highest BCUT2D eigenvalue weighted by molar-refractivity contribution is 5.76. The SMILES string of the molecule is NC(=O)Cc1ncc2[nH]cnc2n1. The zero-order valence-corrected chi connectivity index (χ0v) is 6.69. The minimum Gasteiger partial charge on any atom is -0.369 e. The number of hydrogen-bond acceptors (Lipinski definition) is 4. The van der Waals surface area contributed by atoms with Gasteiger partial charge in [0.2, 0.25) is 5.91 Å². The van der Waals surface area contributed by atoms with E-state index < -0.39 is 5.91 Å². The molecule has 0 atom stereocenters. The standard InChI is InChI=1S/C7H7N5O/c8-5(13)1-6-9-2-4-7(12-6)11-3-10-4/h2-3H,1H2,(H2,8,13)(H,9,10,11,12). The Bertz CT molecular complexity index is 449. The molecular weight excluding hydrogens is 170 g/mol. The second-order valence-corrected chi connectivity index (χ2v) is 2.57. The Labute approximate surface area is 73.2 Å². The molecule has 1 amide bonds. The Morgan fingerprint density at radius 3 is 3.15 bits per heavy atom. The van der Waals surface area contributed by atoms with E-state index in [9.17, 15) is 4.79 Å². The van der Waals surface area contributed by atoms with Gasteiger partial charge in [-0.1, -0.05) is 0 Å². The van der Waals surface area contributed by atoms with Crippen LogP contribution in [0.15, 0.2) is 12.5 Å². The number of aromatic amines is 1. The minimum atomic E-state index is -0.449. The van der Waals surface area contributed by atoms with Gasteiger partial charge in [0.15, 0.2) is 5.65 Å². The van der Waals surface area contributed by atoms with Gasteiger partial charge < -0.3 is 10.7 Å². The molecule has 0 aromatic carbocycles. The maximum Gasteiger partial charge on any atom is 0.225 e. The van der Waals surface area contributed by atoms with Crippen molar-refractivity contribution in [1.82, 2.24) is 19.9 Å². The van der Waals surface area contributed by atoms with Crippen molar-refractivity contribution < 1.29 is 4.79 Å². The number of carbonyl (C=O) groups excluding carboxylic acids is 1. The van der Waals surface area contributed by atoms with Crippen LogP contribution in [-0.4, -0.2) is 25.8 Å². The van der Waals surface area contributed by atoms with Crippen LogP contribution in [0.3, 0.4) is 0 Å². The molecule has 0 radical (unpaired) electrons. The quantitative estimate of drug-likeness (QED) is 0.638. The Morgan fingerprint density at radius 2 is 2.38 bits per heavy atom. The van der Waals surface area contributed by atoms with Gasteiger partial charge in [-0.3, -0.25) is 4.79 Å². The summed E-state index contributed by atoms with van der Waals surface area (Å²) in [7, 11) is 0. The number of carbonyl (C=O) groups is 1. The van der Waals surface area contributed by atoms with Crippen LogP contribution >= 0.6 is 0 Å². The topological polar surface area (TPSA) is 97.6 Å². The lowest BCUT2D eigenvalue weighted by Crippen LogP contribution is -2.15. The van der Waals surface area contributed by atoms with Gasteiger partial charge in [-0.25, -0.2) is 15.0 Å². The molecule has 0 spiro atoms. The summed E-state index contributed by atoms with van der Waals surface area (Å²) in [4.78, 5) is 25.3. The molecule has 0 unspecified atom stereocenters. The maximum atomic E-state index is 10.6. The number of nitrogens with zero attached hydrogens (tertiary/aromatic N) is 3. The first-order chi connectivity index (χ1) is 6.25. The molecule has 2 rings (SSSR count). The number of nitrogens with one attached hydrogen (secondary N) is 1. The van der Waals surface area contributed by atoms with Gasteiger partial charge in [0.1, 0.15) is 11.3 Å². The number of imidazole rings is 1. The number of amides is 1. The van der Waals surface area contributed by atoms with E-state index in [0.29, 0.717) is 11.5 Å². The smallest absolute Gasteiger partial charge is 0.225 e. The van der Waals surface area contributed by atoms with Gasteiger partial charge in [0, 0.05) is 0 Å². The van der Waals surface area contributed by atoms with Crippen molar-refractivity contribution in [1.29, 1.82) is 0 Å². The van der Waals surface area contributed by atoms with E-state index in [0.717, 1.165) is 5.52 Å². The van der Waals surface area contributed by atoms with E-state index in [-0.39, 0.29) is 6.42 Å². The van der Waals surface area contributed by atoms with E-state index in [1.807, 2.05) is 0 Å². The van der Waals surface area contributed by atoms with E-state index in [1.165, 1.54) is 6.33 Å². The van der Waals surface area contributed by atoms with Crippen molar-refractivity contribution in [2.24, 2.45) is 5.73 Å². The zero-order valence-electron chi connectivity index (χ0n) is 6.69. The summed E-state index contributed by atoms with van der Waals surface area (Å²) in [6, 6.07) is 0. The fourth-order valence-corrected chi connectivity index (χ4v) is 1.01. The van der Waals surface area contributed by atoms with Gasteiger partial charge >= 0.3 is 0 Å². The van der Waals surface area contributed by atoms with Crippen LogP contribution in [0.25, 0.3) is 11.2 Å². The first-order valence-corrected chi connectivity index (χ1v) is 3.69. The molecule has 0 aliphatic heterocycles. The first kappa shape index (κ1) is 7.66. The zero-order chi connectivity index (χ0) is 9.26. The minimum absolute atomic E-state index is 0.0444. The highest BCUT2D eigenvalue weighted by Crippen LogP contribution is 2.03. The summed E-state index contributed by atoms with van der Waals surface area (Å²) in [5.74, 6) is -0.0537. The molecule has 0 saturated carbocycles. The third-order valence-corrected chi connectivity index (χ3v) is 1.56. The van der Waals surface area contributed by atoms with Crippen LogP contribution in [0.2, 0.25) is 0 Å². The molecule has 0 fully saturated rings. The molecule has 0 aliphatic carbocycles. The molecule has 0 bridgehead atoms. The van der Waals surface area contributed by atoms with E-state index in [1.54, 1.807) is 6.20 Å². The number of hydrogen-bond donors (Lipinski definition) is 2. The number of aromatic nitrogens is 4. The van der Waals surface area contributed by atoms with Gasteiger partial charge in [-0.05, 0) is 0 Å². The van der Waals surface area contributed by atoms with Crippen LogP contribution in [0.4, 0.5) is 0 Å². The van der Waals surface area contributed by atoms with Gasteiger partial charge in [-0.15, -0.1) is 0 Å². The number of H-pyrrole nitrogens is 1. The number of nitrogens with two attached hydrogens (primary N) is 1. The summed E-state index contributed by atoms with van der Waals surface area (Å²) in [5, 5.41) is 0. The average molecular weight is 177 g/mol. The number of primary amides is 1. The molecule has 0 aliphatic rings. The molecular formula is C7H7N5O. The number of rotatable bonds is 2. The molecule has 2 aromatic heterocycles. The van der Waals surface area contributed by atoms with Crippen molar-refractivity contribution in [2.45, 2.75) is 6.42 Å². The van der Waals surface area contributed by atoms with E-state index in [4.69, 9.17) is 5.73 Å². The number of fused-ring (bicyclic) bond motifs is 1. The third-order valence-electron chi connectivity index (χ3n) is 1.56. The lowest BCUT2D eigenvalue weighted by atomic mass is 10.4. The third kappa shape index (κ3) is 1.46. The largest absolute Gasteiger partial charge is 0.369 e. The fraction of sp³-hybridized carbons (Fsp3) is 0.143. The van der Waals surface area contributed by atoms with Crippen molar-refractivity contribution in [2.75, 3.05) is 0 Å². The molecule has 0 saturated heterocycles. The van der Waals surface area contributed by atoms with Crippen LogP contribution in [0, 0.1) is 0 Å². The lowest BCUT2D eigenvalue weighted by Gasteiger charge is -1.94. The summed E-state index contributed by atoms with van der Waals surface area (Å²) in [6.45, 7) is 0. The summed E-state index contributed by atoms with van der Waals surface area (Å²) in [5.41, 5.74) is 6.29. The van der Waals surface area contributed by atoms with Crippen LogP contribution in [0.5, 0.6) is 0 Å². The highest BCUT2D eigenvalue weighted by Gasteiger charge is 2.03. The fourth-order valence-electron chi connectivity index (χ4n) is 1.01. The molecule has 6 nitrogen and oxygen atoms in total. The second-order valence-electron chi connectivity index (χ2n) is 2.57. The predicted octanol–water partition coefficient (Wildman–Crippen LogP) is -0.619. The Kier molecular flexibility index (Phi) is 1.66.